The number of amides is 1. The Morgan fingerprint density at radius 3 is 2.73 bits per heavy atom. The van der Waals surface area contributed by atoms with Crippen LogP contribution >= 0.6 is 11.3 Å². The molecule has 1 aromatic carbocycles. The number of hydrogen-bond donors (Lipinski definition) is 1. The Labute approximate surface area is 156 Å². The number of nitrogens with one attached hydrogen (secondary N) is 1. The highest BCUT2D eigenvalue weighted by Crippen LogP contribution is 2.25. The van der Waals surface area contributed by atoms with Gasteiger partial charge in [-0.05, 0) is 42.1 Å². The molecule has 1 N–H and O–H groups in total. The predicted molar refractivity (Wildman–Crippen MR) is 101 cm³/mol. The van der Waals surface area contributed by atoms with Crippen LogP contribution in [0.15, 0.2) is 41.8 Å². The standard InChI is InChI=1S/C19H21NO5S/c1-23-15-6-7-17(24-2)14(12-15)5-8-19(22)25-13-18(21)20-10-9-16-4-3-11-26-16/h3-8,11-12H,9-10,13H2,1-2H3,(H,20,21)/b8-5+. The summed E-state index contributed by atoms with van der Waals surface area (Å²) >= 11 is 1.64. The average Bonchev–Trinajstić information content (AvgIpc) is 3.17. The predicted octanol–water partition coefficient (Wildman–Crippen LogP) is 2.68. The lowest BCUT2D eigenvalue weighted by molar-refractivity contribution is -0.143. The van der Waals surface area contributed by atoms with E-state index in [4.69, 9.17) is 14.2 Å². The lowest BCUT2D eigenvalue weighted by Crippen LogP contribution is -2.30. The summed E-state index contributed by atoms with van der Waals surface area (Å²) < 4.78 is 15.3. The molecule has 0 unspecified atom stereocenters. The van der Waals surface area contributed by atoms with Gasteiger partial charge in [0.2, 0.25) is 0 Å². The summed E-state index contributed by atoms with van der Waals surface area (Å²) in [7, 11) is 3.10. The molecule has 7 heteroatoms. The Kier molecular flexibility index (Phi) is 7.70. The van der Waals surface area contributed by atoms with Gasteiger partial charge < -0.3 is 19.5 Å². The SMILES string of the molecule is COc1ccc(OC)c(/C=C/C(=O)OCC(=O)NCCc2cccs2)c1. The second-order valence-corrected chi connectivity index (χ2v) is 6.26. The quantitative estimate of drug-likeness (QED) is 0.539. The lowest BCUT2D eigenvalue weighted by atomic mass is 10.1. The van der Waals surface area contributed by atoms with Crippen LogP contribution in [0.2, 0.25) is 0 Å². The van der Waals surface area contributed by atoms with E-state index in [1.54, 1.807) is 42.7 Å². The second kappa shape index (κ2) is 10.2. The van der Waals surface area contributed by atoms with Gasteiger partial charge in [0.15, 0.2) is 6.61 Å². The minimum Gasteiger partial charge on any atom is -0.497 e. The molecule has 2 aromatic rings. The van der Waals surface area contributed by atoms with E-state index in [9.17, 15) is 9.59 Å². The van der Waals surface area contributed by atoms with Crippen LogP contribution in [-0.4, -0.2) is 39.2 Å². The van der Waals surface area contributed by atoms with Gasteiger partial charge in [-0.3, -0.25) is 4.79 Å². The molecule has 1 heterocycles. The zero-order chi connectivity index (χ0) is 18.8. The van der Waals surface area contributed by atoms with Gasteiger partial charge in [0.1, 0.15) is 11.5 Å². The maximum absolute atomic E-state index is 11.8. The zero-order valence-corrected chi connectivity index (χ0v) is 15.5. The largest absolute Gasteiger partial charge is 0.497 e. The molecule has 0 saturated heterocycles. The molecule has 0 radical (unpaired) electrons. The Bertz CT molecular complexity index is 755. The molecule has 2 rings (SSSR count). The van der Waals surface area contributed by atoms with Crippen LogP contribution < -0.4 is 14.8 Å². The summed E-state index contributed by atoms with van der Waals surface area (Å²) in [4.78, 5) is 24.7. The van der Waals surface area contributed by atoms with Crippen molar-refractivity contribution in [2.45, 2.75) is 6.42 Å². The van der Waals surface area contributed by atoms with Crippen LogP contribution in [0.1, 0.15) is 10.4 Å². The number of methoxy groups -OCH3 is 2. The number of carbonyl (C=O) groups excluding carboxylic acids is 2. The first kappa shape index (κ1) is 19.5. The third kappa shape index (κ3) is 6.25. The van der Waals surface area contributed by atoms with Crippen molar-refractivity contribution >= 4 is 29.3 Å². The molecule has 0 aliphatic carbocycles. The van der Waals surface area contributed by atoms with Crippen LogP contribution in [0, 0.1) is 0 Å². The summed E-state index contributed by atoms with van der Waals surface area (Å²) in [6.07, 6.45) is 3.56. The first-order valence-corrected chi connectivity index (χ1v) is 8.86. The number of ether oxygens (including phenoxy) is 3. The van der Waals surface area contributed by atoms with Gasteiger partial charge in [-0.15, -0.1) is 11.3 Å². The molecule has 26 heavy (non-hydrogen) atoms. The molecule has 0 spiro atoms. The number of carbonyl (C=O) groups is 2. The minimum absolute atomic E-state index is 0.317. The van der Waals surface area contributed by atoms with E-state index in [0.717, 1.165) is 6.42 Å². The van der Waals surface area contributed by atoms with Crippen molar-refractivity contribution in [1.82, 2.24) is 5.32 Å². The molecule has 6 nitrogen and oxygen atoms in total. The van der Waals surface area contributed by atoms with E-state index >= 15 is 0 Å². The molecule has 0 bridgehead atoms. The van der Waals surface area contributed by atoms with Crippen molar-refractivity contribution in [2.75, 3.05) is 27.4 Å². The van der Waals surface area contributed by atoms with Gasteiger partial charge >= 0.3 is 5.97 Å². The van der Waals surface area contributed by atoms with Crippen LogP contribution in [-0.2, 0) is 20.7 Å². The summed E-state index contributed by atoms with van der Waals surface area (Å²) in [6, 6.07) is 9.21. The van der Waals surface area contributed by atoms with Crippen molar-refractivity contribution in [3.05, 3.63) is 52.2 Å². The zero-order valence-electron chi connectivity index (χ0n) is 14.7. The summed E-state index contributed by atoms with van der Waals surface area (Å²) in [5.41, 5.74) is 0.671. The Balaban J connectivity index is 1.77. The minimum atomic E-state index is -0.608. The molecule has 0 fully saturated rings. The fraction of sp³-hybridized carbons (Fsp3) is 0.263. The molecular formula is C19H21NO5S. The summed E-state index contributed by atoms with van der Waals surface area (Å²) in [5, 5.41) is 4.70. The molecule has 0 aliphatic rings. The van der Waals surface area contributed by atoms with Crippen LogP contribution in [0.25, 0.3) is 6.08 Å². The first-order valence-electron chi connectivity index (χ1n) is 7.98. The number of esters is 1. The van der Waals surface area contributed by atoms with Crippen LogP contribution in [0.3, 0.4) is 0 Å². The highest BCUT2D eigenvalue weighted by Gasteiger charge is 2.06. The average molecular weight is 375 g/mol. The Morgan fingerprint density at radius 2 is 2.04 bits per heavy atom. The van der Waals surface area contributed by atoms with Crippen molar-refractivity contribution in [3.63, 3.8) is 0 Å². The molecule has 0 aliphatic heterocycles. The molecule has 1 amide bonds. The fourth-order valence-electron chi connectivity index (χ4n) is 2.14. The van der Waals surface area contributed by atoms with Crippen LogP contribution in [0.5, 0.6) is 11.5 Å². The van der Waals surface area contributed by atoms with E-state index in [0.29, 0.717) is 23.6 Å². The summed E-state index contributed by atoms with van der Waals surface area (Å²) in [5.74, 6) is 0.302. The van der Waals surface area contributed by atoms with E-state index < -0.39 is 5.97 Å². The van der Waals surface area contributed by atoms with Gasteiger partial charge in [0.05, 0.1) is 14.2 Å². The topological polar surface area (TPSA) is 73.9 Å². The van der Waals surface area contributed by atoms with Gasteiger partial charge in [-0.1, -0.05) is 6.07 Å². The third-order valence-corrected chi connectivity index (χ3v) is 4.39. The number of hydrogen-bond acceptors (Lipinski definition) is 6. The monoisotopic (exact) mass is 375 g/mol. The maximum Gasteiger partial charge on any atom is 0.331 e. The van der Waals surface area contributed by atoms with E-state index in [2.05, 4.69) is 5.32 Å². The van der Waals surface area contributed by atoms with Gasteiger partial charge in [-0.2, -0.15) is 0 Å². The van der Waals surface area contributed by atoms with Crippen molar-refractivity contribution in [3.8, 4) is 11.5 Å². The Morgan fingerprint density at radius 1 is 1.19 bits per heavy atom. The fourth-order valence-corrected chi connectivity index (χ4v) is 2.85. The number of thiophene rings is 1. The highest BCUT2D eigenvalue weighted by atomic mass is 32.1. The molecule has 138 valence electrons. The molecule has 1 aromatic heterocycles. The Hall–Kier alpha value is -2.80. The maximum atomic E-state index is 11.8. The highest BCUT2D eigenvalue weighted by molar-refractivity contribution is 7.09. The number of benzene rings is 1. The molecule has 0 saturated carbocycles. The lowest BCUT2D eigenvalue weighted by Gasteiger charge is -2.07. The van der Waals surface area contributed by atoms with Crippen molar-refractivity contribution in [2.24, 2.45) is 0 Å². The molecular weight excluding hydrogens is 354 g/mol. The smallest absolute Gasteiger partial charge is 0.331 e. The van der Waals surface area contributed by atoms with Crippen molar-refractivity contribution < 1.29 is 23.8 Å². The number of rotatable bonds is 9. The van der Waals surface area contributed by atoms with Gasteiger partial charge in [0, 0.05) is 23.1 Å². The van der Waals surface area contributed by atoms with E-state index in [1.807, 2.05) is 17.5 Å². The van der Waals surface area contributed by atoms with Gasteiger partial charge in [0.25, 0.3) is 5.91 Å². The normalized spacial score (nSPS) is 10.5. The van der Waals surface area contributed by atoms with Gasteiger partial charge in [-0.25, -0.2) is 4.79 Å². The third-order valence-electron chi connectivity index (χ3n) is 3.46. The first-order chi connectivity index (χ1) is 12.6. The summed E-state index contributed by atoms with van der Waals surface area (Å²) in [6.45, 7) is 0.191. The van der Waals surface area contributed by atoms with E-state index in [-0.39, 0.29) is 12.5 Å². The molecule has 0 atom stereocenters. The second-order valence-electron chi connectivity index (χ2n) is 5.23. The van der Waals surface area contributed by atoms with Crippen molar-refractivity contribution in [1.29, 1.82) is 0 Å². The van der Waals surface area contributed by atoms with E-state index in [1.165, 1.54) is 18.1 Å². The van der Waals surface area contributed by atoms with Crippen LogP contribution in [0.4, 0.5) is 0 Å².